The monoisotopic (exact) mass is 170 g/mol. The van der Waals surface area contributed by atoms with Gasteiger partial charge in [-0.05, 0) is 13.8 Å². The van der Waals surface area contributed by atoms with Crippen LogP contribution in [0.3, 0.4) is 0 Å². The number of ether oxygens (including phenoxy) is 1. The third-order valence-electron chi connectivity index (χ3n) is 1.59. The second kappa shape index (κ2) is 3.34. The van der Waals surface area contributed by atoms with Gasteiger partial charge >= 0.3 is 5.97 Å². The number of esters is 1. The summed E-state index contributed by atoms with van der Waals surface area (Å²) < 4.78 is 6.20. The van der Waals surface area contributed by atoms with E-state index in [2.05, 4.69) is 14.8 Å². The number of carbonyl (C=O) groups excluding carboxylic acids is 1. The fraction of sp³-hybridized carbons (Fsp3) is 0.571. The van der Waals surface area contributed by atoms with E-state index in [1.807, 2.05) is 0 Å². The number of aryl methyl sites for hydroxylation is 1. The molecular weight excluding hydrogens is 158 g/mol. The molecule has 1 rings (SSSR count). The lowest BCUT2D eigenvalue weighted by molar-refractivity contribution is 0.312. The predicted molar refractivity (Wildman–Crippen MR) is 43.4 cm³/mol. The molecule has 1 N–H and O–H groups in total. The Kier molecular flexibility index (Phi) is 2.42. The van der Waals surface area contributed by atoms with Crippen molar-refractivity contribution in [3.8, 4) is 0 Å². The standard InChI is InChI=1S/C7H11N3O2/c1-5(7(11)12-3)10-4-8-6(2)9-10/h4-5H,1-3H3/p+1/t5-/m0/s1. The summed E-state index contributed by atoms with van der Waals surface area (Å²) in [7, 11) is 1.41. The Labute approximate surface area is 70.4 Å². The molecule has 0 unspecified atom stereocenters. The molecule has 0 saturated heterocycles. The van der Waals surface area contributed by atoms with Crippen molar-refractivity contribution in [2.75, 3.05) is 7.11 Å². The van der Waals surface area contributed by atoms with E-state index in [0.29, 0.717) is 5.82 Å². The number of methoxy groups -OCH3 is 1. The van der Waals surface area contributed by atoms with E-state index >= 15 is 0 Å². The third-order valence-corrected chi connectivity index (χ3v) is 1.59. The van der Waals surface area contributed by atoms with Gasteiger partial charge in [-0.25, -0.2) is 9.67 Å². The molecule has 0 aromatic carbocycles. The SMILES string of the molecule is COC(=[OH+])[C@H](C)n1cnc(C)n1. The molecule has 0 amide bonds. The Hall–Kier alpha value is -1.39. The molecule has 0 radical (unpaired) electrons. The molecule has 1 aromatic rings. The molecule has 0 saturated carbocycles. The van der Waals surface area contributed by atoms with Gasteiger partial charge < -0.3 is 9.53 Å². The quantitative estimate of drug-likeness (QED) is 0.473. The Morgan fingerprint density at radius 2 is 2.42 bits per heavy atom. The lowest BCUT2D eigenvalue weighted by Crippen LogP contribution is -2.18. The summed E-state index contributed by atoms with van der Waals surface area (Å²) in [6.07, 6.45) is 1.55. The maximum absolute atomic E-state index is 9.19. The van der Waals surface area contributed by atoms with Crippen LogP contribution >= 0.6 is 0 Å². The second-order valence-electron chi connectivity index (χ2n) is 2.49. The first kappa shape index (κ1) is 8.70. The van der Waals surface area contributed by atoms with E-state index in [-0.39, 0.29) is 12.0 Å². The smallest absolute Gasteiger partial charge is 0.337 e. The third kappa shape index (κ3) is 1.61. The molecule has 5 nitrogen and oxygen atoms in total. The first-order valence-corrected chi connectivity index (χ1v) is 3.62. The first-order valence-electron chi connectivity index (χ1n) is 3.62. The van der Waals surface area contributed by atoms with Crippen LogP contribution in [0.15, 0.2) is 6.33 Å². The van der Waals surface area contributed by atoms with Crippen LogP contribution < -0.4 is 0 Å². The molecule has 66 valence electrons. The van der Waals surface area contributed by atoms with Gasteiger partial charge in [-0.1, -0.05) is 0 Å². The van der Waals surface area contributed by atoms with Crippen LogP contribution in [-0.4, -0.2) is 32.6 Å². The summed E-state index contributed by atoms with van der Waals surface area (Å²) in [6, 6.07) is -0.295. The van der Waals surface area contributed by atoms with E-state index < -0.39 is 0 Å². The first-order chi connectivity index (χ1) is 5.65. The minimum absolute atomic E-state index is 0.0695. The second-order valence-corrected chi connectivity index (χ2v) is 2.49. The van der Waals surface area contributed by atoms with Gasteiger partial charge in [0.2, 0.25) is 6.04 Å². The molecule has 0 bridgehead atoms. The zero-order valence-electron chi connectivity index (χ0n) is 7.35. The number of hydrogen-bond acceptors (Lipinski definition) is 3. The number of rotatable bonds is 2. The van der Waals surface area contributed by atoms with Crippen LogP contribution in [0.5, 0.6) is 0 Å². The summed E-state index contributed by atoms with van der Waals surface area (Å²) in [5.74, 6) is 0.602. The predicted octanol–water partition coefficient (Wildman–Crippen LogP) is 0.296. The maximum atomic E-state index is 9.19. The van der Waals surface area contributed by atoms with Crippen molar-refractivity contribution >= 4 is 5.97 Å². The normalized spacial score (nSPS) is 12.6. The van der Waals surface area contributed by atoms with Crippen molar-refractivity contribution in [1.82, 2.24) is 14.8 Å². The van der Waals surface area contributed by atoms with Gasteiger partial charge in [0.1, 0.15) is 12.2 Å². The Morgan fingerprint density at radius 1 is 1.75 bits per heavy atom. The van der Waals surface area contributed by atoms with Crippen LogP contribution in [0, 0.1) is 6.92 Å². The summed E-state index contributed by atoms with van der Waals surface area (Å²) in [6.45, 7) is 3.56. The van der Waals surface area contributed by atoms with Crippen LogP contribution in [0.1, 0.15) is 18.8 Å². The zero-order chi connectivity index (χ0) is 9.14. The van der Waals surface area contributed by atoms with Crippen molar-refractivity contribution in [2.45, 2.75) is 19.9 Å². The maximum Gasteiger partial charge on any atom is 0.507 e. The lowest BCUT2D eigenvalue weighted by Gasteiger charge is -2.01. The summed E-state index contributed by atoms with van der Waals surface area (Å²) in [5, 5.41) is 4.02. The highest BCUT2D eigenvalue weighted by Crippen LogP contribution is 2.04. The molecular formula is C7H12N3O2+. The minimum atomic E-state index is -0.295. The number of aromatic nitrogens is 3. The van der Waals surface area contributed by atoms with Crippen LogP contribution in [0.4, 0.5) is 0 Å². The molecule has 0 aliphatic rings. The highest BCUT2D eigenvalue weighted by Gasteiger charge is 2.23. The lowest BCUT2D eigenvalue weighted by atomic mass is 10.4. The zero-order valence-corrected chi connectivity index (χ0v) is 7.35. The fourth-order valence-electron chi connectivity index (χ4n) is 0.832. The van der Waals surface area contributed by atoms with Crippen molar-refractivity contribution in [1.29, 1.82) is 0 Å². The molecule has 1 heterocycles. The molecule has 12 heavy (non-hydrogen) atoms. The topological polar surface area (TPSA) is 61.3 Å². The summed E-state index contributed by atoms with van der Waals surface area (Å²) in [5.41, 5.74) is 0. The van der Waals surface area contributed by atoms with Crippen molar-refractivity contribution in [2.24, 2.45) is 0 Å². The fourth-order valence-corrected chi connectivity index (χ4v) is 0.832. The van der Waals surface area contributed by atoms with Crippen molar-refractivity contribution < 1.29 is 9.53 Å². The molecule has 5 heteroatoms. The van der Waals surface area contributed by atoms with E-state index in [1.165, 1.54) is 11.8 Å². The Bertz CT molecular complexity index is 282. The van der Waals surface area contributed by atoms with Gasteiger partial charge in [-0.15, -0.1) is 0 Å². The minimum Gasteiger partial charge on any atom is -0.337 e. The van der Waals surface area contributed by atoms with Gasteiger partial charge in [-0.3, -0.25) is 0 Å². The molecule has 1 atom stereocenters. The average molecular weight is 170 g/mol. The van der Waals surface area contributed by atoms with Gasteiger partial charge in [0.05, 0.1) is 0 Å². The molecule has 0 fully saturated rings. The molecule has 0 aliphatic carbocycles. The Morgan fingerprint density at radius 3 is 2.83 bits per heavy atom. The number of hydrogen-bond donors (Lipinski definition) is 0. The highest BCUT2D eigenvalue weighted by molar-refractivity contribution is 5.74. The summed E-state index contributed by atoms with van der Waals surface area (Å²) >= 11 is 0. The molecule has 0 aliphatic heterocycles. The largest absolute Gasteiger partial charge is 0.507 e. The average Bonchev–Trinajstić information content (AvgIpc) is 2.49. The van der Waals surface area contributed by atoms with Gasteiger partial charge in [0, 0.05) is 0 Å². The highest BCUT2D eigenvalue weighted by atomic mass is 16.5. The van der Waals surface area contributed by atoms with Crippen LogP contribution in [0.25, 0.3) is 0 Å². The van der Waals surface area contributed by atoms with Gasteiger partial charge in [-0.2, -0.15) is 5.10 Å². The summed E-state index contributed by atoms with van der Waals surface area (Å²) in [4.78, 5) is 13.1. The van der Waals surface area contributed by atoms with Gasteiger partial charge in [0.25, 0.3) is 0 Å². The Balaban J connectivity index is 2.77. The van der Waals surface area contributed by atoms with Crippen LogP contribution in [0.2, 0.25) is 0 Å². The van der Waals surface area contributed by atoms with E-state index in [0.717, 1.165) is 0 Å². The van der Waals surface area contributed by atoms with E-state index in [4.69, 9.17) is 0 Å². The van der Waals surface area contributed by atoms with Crippen molar-refractivity contribution in [3.05, 3.63) is 12.2 Å². The number of nitrogens with zero attached hydrogens (tertiary/aromatic N) is 3. The van der Waals surface area contributed by atoms with E-state index in [1.54, 1.807) is 20.2 Å². The molecule has 0 spiro atoms. The van der Waals surface area contributed by atoms with Crippen molar-refractivity contribution in [3.63, 3.8) is 0 Å². The van der Waals surface area contributed by atoms with E-state index in [9.17, 15) is 4.79 Å². The van der Waals surface area contributed by atoms with Gasteiger partial charge in [0.15, 0.2) is 7.11 Å². The molecule has 1 aromatic heterocycles. The van der Waals surface area contributed by atoms with Crippen LogP contribution in [-0.2, 0) is 4.74 Å².